The number of nitrogen functional groups attached to an aromatic ring is 1. The smallest absolute Gasteiger partial charge is 0.407 e. The number of halogens is 1. The van der Waals surface area contributed by atoms with Crippen LogP contribution in [0.3, 0.4) is 0 Å². The van der Waals surface area contributed by atoms with Crippen molar-refractivity contribution in [2.45, 2.75) is 35.2 Å². The molecular formula is C20H22ClN7O2S. The molecule has 1 aliphatic heterocycles. The average molecular weight is 460 g/mol. The first-order chi connectivity index (χ1) is 14.9. The molecule has 1 saturated heterocycles. The van der Waals surface area contributed by atoms with Crippen molar-refractivity contribution in [3.05, 3.63) is 35.6 Å². The number of hydrogen-bond donors (Lipinski definition) is 2. The van der Waals surface area contributed by atoms with E-state index in [1.807, 2.05) is 12.1 Å². The number of fused-ring (bicyclic) bond motifs is 1. The molecule has 1 amide bonds. The molecule has 1 aliphatic rings. The summed E-state index contributed by atoms with van der Waals surface area (Å²) in [5.74, 6) is 1.06. The molecule has 4 rings (SSSR count). The molecule has 0 saturated carbocycles. The third-order valence-electron chi connectivity index (χ3n) is 5.33. The molecule has 3 N–H and O–H groups in total. The Morgan fingerprint density at radius 1 is 1.26 bits per heavy atom. The van der Waals surface area contributed by atoms with Gasteiger partial charge < -0.3 is 20.6 Å². The van der Waals surface area contributed by atoms with Crippen LogP contribution in [0.25, 0.3) is 11.2 Å². The van der Waals surface area contributed by atoms with Crippen LogP contribution in [0, 0.1) is 0 Å². The van der Waals surface area contributed by atoms with E-state index < -0.39 is 6.09 Å². The van der Waals surface area contributed by atoms with Gasteiger partial charge in [0.2, 0.25) is 0 Å². The summed E-state index contributed by atoms with van der Waals surface area (Å²) in [6.45, 7) is 1.54. The molecule has 3 aromatic heterocycles. The van der Waals surface area contributed by atoms with E-state index in [0.29, 0.717) is 16.2 Å². The number of anilines is 2. The second kappa shape index (κ2) is 9.11. The number of amides is 1. The Balaban J connectivity index is 1.50. The SMILES string of the molecule is CN(C(=O)O)[C@H]1CCCN(c2cnc3nc(Sc4ccnc(N)c4Cl)ccc3n2)CC1. The molecular weight excluding hydrogens is 438 g/mol. The standard InChI is InChI=1S/C20H22ClN7O2S/c1-27(20(29)30)12-3-2-9-28(10-7-12)15-11-24-19-13(25-15)4-5-16(26-19)31-14-6-8-23-18(22)17(14)21/h4-6,8,11-12H,2-3,7,9-10H2,1H3,(H2,22,23)(H,29,30)/t12-/m0/s1. The molecule has 3 aromatic rings. The van der Waals surface area contributed by atoms with Gasteiger partial charge in [-0.3, -0.25) is 0 Å². The van der Waals surface area contributed by atoms with Gasteiger partial charge in [0.15, 0.2) is 5.65 Å². The minimum absolute atomic E-state index is 0.0196. The first kappa shape index (κ1) is 21.4. The Labute approximate surface area is 188 Å². The highest BCUT2D eigenvalue weighted by Crippen LogP contribution is 2.34. The van der Waals surface area contributed by atoms with E-state index in [0.717, 1.165) is 48.1 Å². The van der Waals surface area contributed by atoms with Gasteiger partial charge in [-0.05, 0) is 37.5 Å². The average Bonchev–Trinajstić information content (AvgIpc) is 3.02. The van der Waals surface area contributed by atoms with Crippen LogP contribution in [-0.4, -0.2) is 62.2 Å². The molecule has 4 heterocycles. The van der Waals surface area contributed by atoms with Gasteiger partial charge in [-0.2, -0.15) is 0 Å². The van der Waals surface area contributed by atoms with E-state index in [1.165, 1.54) is 16.7 Å². The molecule has 11 heteroatoms. The van der Waals surface area contributed by atoms with Crippen molar-refractivity contribution in [2.24, 2.45) is 0 Å². The maximum Gasteiger partial charge on any atom is 0.407 e. The predicted molar refractivity (Wildman–Crippen MR) is 121 cm³/mol. The lowest BCUT2D eigenvalue weighted by Crippen LogP contribution is -2.36. The van der Waals surface area contributed by atoms with Crippen molar-refractivity contribution in [2.75, 3.05) is 30.8 Å². The summed E-state index contributed by atoms with van der Waals surface area (Å²) in [5, 5.41) is 10.4. The van der Waals surface area contributed by atoms with Crippen molar-refractivity contribution in [1.82, 2.24) is 24.8 Å². The van der Waals surface area contributed by atoms with Crippen molar-refractivity contribution in [1.29, 1.82) is 0 Å². The van der Waals surface area contributed by atoms with E-state index in [2.05, 4.69) is 19.9 Å². The Kier molecular flexibility index (Phi) is 6.28. The Bertz CT molecular complexity index is 1120. The first-order valence-electron chi connectivity index (χ1n) is 9.84. The van der Waals surface area contributed by atoms with Crippen molar-refractivity contribution in [3.8, 4) is 0 Å². The summed E-state index contributed by atoms with van der Waals surface area (Å²) < 4.78 is 0. The summed E-state index contributed by atoms with van der Waals surface area (Å²) >= 11 is 7.61. The molecule has 0 aromatic carbocycles. The van der Waals surface area contributed by atoms with E-state index in [-0.39, 0.29) is 11.9 Å². The van der Waals surface area contributed by atoms with Gasteiger partial charge >= 0.3 is 6.09 Å². The number of nitrogens with zero attached hydrogens (tertiary/aromatic N) is 6. The molecule has 9 nitrogen and oxygen atoms in total. The molecule has 0 aliphatic carbocycles. The van der Waals surface area contributed by atoms with Crippen LogP contribution in [0.15, 0.2) is 40.5 Å². The van der Waals surface area contributed by atoms with Gasteiger partial charge in [-0.15, -0.1) is 0 Å². The van der Waals surface area contributed by atoms with E-state index in [1.54, 1.807) is 25.5 Å². The van der Waals surface area contributed by atoms with Gasteiger partial charge in [-0.25, -0.2) is 24.7 Å². The lowest BCUT2D eigenvalue weighted by Gasteiger charge is -2.25. The van der Waals surface area contributed by atoms with Crippen molar-refractivity contribution >= 4 is 52.3 Å². The van der Waals surface area contributed by atoms with Crippen LogP contribution in [-0.2, 0) is 0 Å². The summed E-state index contributed by atoms with van der Waals surface area (Å²) in [6.07, 6.45) is 4.93. The molecule has 162 valence electrons. The quantitative estimate of drug-likeness (QED) is 0.600. The highest BCUT2D eigenvalue weighted by Gasteiger charge is 2.24. The Morgan fingerprint density at radius 2 is 2.10 bits per heavy atom. The zero-order valence-electron chi connectivity index (χ0n) is 16.9. The van der Waals surface area contributed by atoms with Crippen LogP contribution < -0.4 is 10.6 Å². The summed E-state index contributed by atoms with van der Waals surface area (Å²) in [4.78, 5) is 33.4. The summed E-state index contributed by atoms with van der Waals surface area (Å²) in [7, 11) is 1.63. The van der Waals surface area contributed by atoms with E-state index in [9.17, 15) is 9.90 Å². The first-order valence-corrected chi connectivity index (χ1v) is 11.0. The highest BCUT2D eigenvalue weighted by atomic mass is 35.5. The Hall–Kier alpha value is -2.85. The van der Waals surface area contributed by atoms with Crippen LogP contribution in [0.2, 0.25) is 5.02 Å². The zero-order chi connectivity index (χ0) is 22.0. The number of aromatic nitrogens is 4. The largest absolute Gasteiger partial charge is 0.465 e. The van der Waals surface area contributed by atoms with Gasteiger partial charge in [0.25, 0.3) is 0 Å². The second-order valence-corrected chi connectivity index (χ2v) is 8.74. The summed E-state index contributed by atoms with van der Waals surface area (Å²) in [6, 6.07) is 5.57. The number of carbonyl (C=O) groups is 1. The highest BCUT2D eigenvalue weighted by molar-refractivity contribution is 7.99. The minimum Gasteiger partial charge on any atom is -0.465 e. The van der Waals surface area contributed by atoms with Crippen LogP contribution in [0.5, 0.6) is 0 Å². The van der Waals surface area contributed by atoms with Crippen molar-refractivity contribution in [3.63, 3.8) is 0 Å². The summed E-state index contributed by atoms with van der Waals surface area (Å²) in [5.41, 5.74) is 7.01. The lowest BCUT2D eigenvalue weighted by molar-refractivity contribution is 0.135. The molecule has 1 atom stereocenters. The third-order valence-corrected chi connectivity index (χ3v) is 6.84. The normalized spacial score (nSPS) is 16.8. The van der Waals surface area contributed by atoms with E-state index >= 15 is 0 Å². The predicted octanol–water partition coefficient (Wildman–Crippen LogP) is 3.78. The zero-order valence-corrected chi connectivity index (χ0v) is 18.5. The second-order valence-electron chi connectivity index (χ2n) is 7.30. The molecule has 0 spiro atoms. The number of carboxylic acid groups (broad SMARTS) is 1. The molecule has 0 radical (unpaired) electrons. The van der Waals surface area contributed by atoms with Crippen molar-refractivity contribution < 1.29 is 9.90 Å². The fourth-order valence-corrected chi connectivity index (χ4v) is 4.61. The maximum atomic E-state index is 11.3. The number of pyridine rings is 2. The maximum absolute atomic E-state index is 11.3. The lowest BCUT2D eigenvalue weighted by atomic mass is 10.1. The monoisotopic (exact) mass is 459 g/mol. The van der Waals surface area contributed by atoms with Gasteiger partial charge in [0.1, 0.15) is 22.2 Å². The van der Waals surface area contributed by atoms with Crippen LogP contribution in [0.1, 0.15) is 19.3 Å². The fraction of sp³-hybridized carbons (Fsp3) is 0.350. The van der Waals surface area contributed by atoms with Crippen LogP contribution >= 0.6 is 23.4 Å². The van der Waals surface area contributed by atoms with Gasteiger partial charge in [0.05, 0.1) is 11.2 Å². The molecule has 31 heavy (non-hydrogen) atoms. The van der Waals surface area contributed by atoms with Crippen LogP contribution in [0.4, 0.5) is 16.4 Å². The van der Waals surface area contributed by atoms with Gasteiger partial charge in [-0.1, -0.05) is 23.4 Å². The molecule has 0 bridgehead atoms. The molecule has 1 fully saturated rings. The Morgan fingerprint density at radius 3 is 2.90 bits per heavy atom. The number of rotatable bonds is 4. The third kappa shape index (κ3) is 4.75. The minimum atomic E-state index is -0.889. The topological polar surface area (TPSA) is 121 Å². The number of nitrogens with two attached hydrogens (primary N) is 1. The molecule has 0 unspecified atom stereocenters. The fourth-order valence-electron chi connectivity index (χ4n) is 3.57. The van der Waals surface area contributed by atoms with E-state index in [4.69, 9.17) is 22.3 Å². The van der Waals surface area contributed by atoms with Gasteiger partial charge in [0, 0.05) is 37.3 Å². The number of hydrogen-bond acceptors (Lipinski definition) is 8.